The minimum absolute atomic E-state index is 0. The Morgan fingerprint density at radius 1 is 0.955 bits per heavy atom. The molecule has 44 heavy (non-hydrogen) atoms. The third kappa shape index (κ3) is 9.40. The molecular weight excluding hydrogens is 607 g/mol. The average Bonchev–Trinajstić information content (AvgIpc) is 2.99. The quantitative estimate of drug-likeness (QED) is 0.154. The van der Waals surface area contributed by atoms with Crippen LogP contribution in [0, 0.1) is 10.1 Å². The van der Waals surface area contributed by atoms with Gasteiger partial charge in [-0.15, -0.1) is 24.8 Å². The van der Waals surface area contributed by atoms with Crippen LogP contribution in [-0.2, 0) is 19.1 Å². The standard InChI is InChI=1S/C32H38N4O6.2ClH/c1-23-28(31(37)41-3)30(26-13-7-14-27(22-26)36(39)40)29(24(2)33-23)32(38)42-21-9-16-35-19-17-34(18-20-35)15-8-12-25-10-5-4-6-11-25;;/h4-8,10-14,22,30,33H,9,15-21H2,1-3H3;2*1H. The van der Waals surface area contributed by atoms with E-state index in [-0.39, 0.29) is 48.3 Å². The largest absolute Gasteiger partial charge is 0.466 e. The normalized spacial score (nSPS) is 17.4. The molecule has 2 aromatic rings. The summed E-state index contributed by atoms with van der Waals surface area (Å²) in [5.74, 6) is -2.06. The maximum Gasteiger partial charge on any atom is 0.336 e. The highest BCUT2D eigenvalue weighted by molar-refractivity contribution is 5.99. The molecule has 2 heterocycles. The fourth-order valence-corrected chi connectivity index (χ4v) is 5.42. The first-order chi connectivity index (χ1) is 20.3. The number of nitrogens with zero attached hydrogens (tertiary/aromatic N) is 3. The smallest absolute Gasteiger partial charge is 0.336 e. The minimum Gasteiger partial charge on any atom is -0.466 e. The van der Waals surface area contributed by atoms with Crippen molar-refractivity contribution in [3.05, 3.63) is 104 Å². The highest BCUT2D eigenvalue weighted by Crippen LogP contribution is 2.40. The Hall–Kier alpha value is -3.70. The van der Waals surface area contributed by atoms with Gasteiger partial charge in [-0.25, -0.2) is 9.59 Å². The molecule has 2 aliphatic heterocycles. The molecule has 2 aliphatic rings. The van der Waals surface area contributed by atoms with E-state index in [0.717, 1.165) is 39.3 Å². The second-order valence-electron chi connectivity index (χ2n) is 10.4. The molecule has 10 nitrogen and oxygen atoms in total. The number of ether oxygens (including phenoxy) is 2. The fourth-order valence-electron chi connectivity index (χ4n) is 5.42. The molecule has 1 fully saturated rings. The molecule has 1 unspecified atom stereocenters. The molecule has 0 amide bonds. The maximum absolute atomic E-state index is 13.4. The van der Waals surface area contributed by atoms with Crippen LogP contribution >= 0.6 is 24.8 Å². The lowest BCUT2D eigenvalue weighted by Crippen LogP contribution is -2.46. The summed E-state index contributed by atoms with van der Waals surface area (Å²) in [6.45, 7) is 9.22. The van der Waals surface area contributed by atoms with E-state index in [9.17, 15) is 19.7 Å². The van der Waals surface area contributed by atoms with Gasteiger partial charge < -0.3 is 19.7 Å². The monoisotopic (exact) mass is 646 g/mol. The summed E-state index contributed by atoms with van der Waals surface area (Å²) in [5, 5.41) is 14.5. The number of nitro groups is 1. The second kappa shape index (κ2) is 17.6. The van der Waals surface area contributed by atoms with Crippen LogP contribution in [0.5, 0.6) is 0 Å². The van der Waals surface area contributed by atoms with Gasteiger partial charge in [0, 0.05) is 62.8 Å². The summed E-state index contributed by atoms with van der Waals surface area (Å²) in [4.78, 5) is 41.9. The molecular formula is C32H40Cl2N4O6. The van der Waals surface area contributed by atoms with Gasteiger partial charge in [-0.1, -0.05) is 54.6 Å². The fraction of sp³-hybridized carbons (Fsp3) is 0.375. The van der Waals surface area contributed by atoms with Crippen molar-refractivity contribution >= 4 is 48.5 Å². The summed E-state index contributed by atoms with van der Waals surface area (Å²) in [6.07, 6.45) is 5.01. The maximum atomic E-state index is 13.4. The Morgan fingerprint density at radius 2 is 1.59 bits per heavy atom. The number of nitro benzene ring substituents is 1. The number of carbonyl (C=O) groups is 2. The lowest BCUT2D eigenvalue weighted by Gasteiger charge is -2.34. The van der Waals surface area contributed by atoms with Gasteiger partial charge >= 0.3 is 11.9 Å². The van der Waals surface area contributed by atoms with E-state index in [4.69, 9.17) is 9.47 Å². The summed E-state index contributed by atoms with van der Waals surface area (Å²) in [5.41, 5.74) is 3.00. The van der Waals surface area contributed by atoms with Crippen LogP contribution < -0.4 is 5.32 Å². The van der Waals surface area contributed by atoms with E-state index < -0.39 is 22.8 Å². The molecule has 0 spiro atoms. The number of methoxy groups -OCH3 is 1. The molecule has 1 N–H and O–H groups in total. The zero-order chi connectivity index (χ0) is 30.1. The average molecular weight is 648 g/mol. The molecule has 1 atom stereocenters. The van der Waals surface area contributed by atoms with E-state index in [1.54, 1.807) is 19.9 Å². The molecule has 0 aliphatic carbocycles. The number of esters is 2. The number of hydrogen-bond acceptors (Lipinski definition) is 9. The van der Waals surface area contributed by atoms with Crippen molar-refractivity contribution in [2.75, 3.05) is 53.0 Å². The van der Waals surface area contributed by atoms with Gasteiger partial charge in [0.05, 0.1) is 35.7 Å². The molecule has 4 rings (SSSR count). The SMILES string of the molecule is COC(=O)C1=C(C)NC(C)=C(C(=O)OCCCN2CCN(CC=Cc3ccccc3)CC2)C1c1cccc([N+](=O)[O-])c1.Cl.Cl. The van der Waals surface area contributed by atoms with E-state index in [0.29, 0.717) is 23.4 Å². The van der Waals surface area contributed by atoms with Crippen molar-refractivity contribution in [2.24, 2.45) is 0 Å². The molecule has 12 heteroatoms. The van der Waals surface area contributed by atoms with Crippen molar-refractivity contribution in [3.63, 3.8) is 0 Å². The van der Waals surface area contributed by atoms with Crippen LogP contribution in [0.25, 0.3) is 6.08 Å². The number of nitrogens with one attached hydrogen (secondary N) is 1. The number of halogens is 2. The number of hydrogen-bond donors (Lipinski definition) is 1. The first-order valence-electron chi connectivity index (χ1n) is 14.1. The van der Waals surface area contributed by atoms with Crippen LogP contribution in [0.4, 0.5) is 5.69 Å². The number of dihydropyridines is 1. The number of non-ortho nitro benzene ring substituents is 1. The Bertz CT molecular complexity index is 1390. The van der Waals surface area contributed by atoms with Gasteiger partial charge in [0.2, 0.25) is 0 Å². The van der Waals surface area contributed by atoms with Crippen LogP contribution in [0.3, 0.4) is 0 Å². The molecule has 0 saturated carbocycles. The van der Waals surface area contributed by atoms with E-state index in [1.165, 1.54) is 30.9 Å². The van der Waals surface area contributed by atoms with Crippen LogP contribution in [0.15, 0.2) is 83.2 Å². The third-order valence-corrected chi connectivity index (χ3v) is 7.59. The molecule has 0 bridgehead atoms. The minimum atomic E-state index is -0.866. The topological polar surface area (TPSA) is 114 Å². The van der Waals surface area contributed by atoms with Crippen LogP contribution in [0.1, 0.15) is 37.3 Å². The van der Waals surface area contributed by atoms with Crippen molar-refractivity contribution in [1.82, 2.24) is 15.1 Å². The third-order valence-electron chi connectivity index (χ3n) is 7.59. The zero-order valence-electron chi connectivity index (χ0n) is 25.2. The van der Waals surface area contributed by atoms with Gasteiger partial charge in [0.15, 0.2) is 0 Å². The predicted octanol–water partition coefficient (Wildman–Crippen LogP) is 5.11. The highest BCUT2D eigenvalue weighted by atomic mass is 35.5. The summed E-state index contributed by atoms with van der Waals surface area (Å²) in [6, 6.07) is 16.2. The number of allylic oxidation sites excluding steroid dienone is 2. The molecule has 2 aromatic carbocycles. The Morgan fingerprint density at radius 3 is 2.23 bits per heavy atom. The van der Waals surface area contributed by atoms with Crippen molar-refractivity contribution < 1.29 is 24.0 Å². The van der Waals surface area contributed by atoms with Gasteiger partial charge in [-0.3, -0.25) is 15.0 Å². The Balaban J connectivity index is 0.00000337. The van der Waals surface area contributed by atoms with Gasteiger partial charge in [0.1, 0.15) is 0 Å². The summed E-state index contributed by atoms with van der Waals surface area (Å²) in [7, 11) is 1.26. The summed E-state index contributed by atoms with van der Waals surface area (Å²) < 4.78 is 10.7. The summed E-state index contributed by atoms with van der Waals surface area (Å²) >= 11 is 0. The first-order valence-corrected chi connectivity index (χ1v) is 14.1. The van der Waals surface area contributed by atoms with Crippen molar-refractivity contribution in [3.8, 4) is 0 Å². The number of carbonyl (C=O) groups excluding carboxylic acids is 2. The van der Waals surface area contributed by atoms with Crippen molar-refractivity contribution in [2.45, 2.75) is 26.2 Å². The molecule has 238 valence electrons. The Labute approximate surface area is 270 Å². The Kier molecular flexibility index (Phi) is 14.6. The molecule has 1 saturated heterocycles. The first kappa shape index (κ1) is 36.5. The van der Waals surface area contributed by atoms with E-state index in [1.807, 2.05) is 18.2 Å². The second-order valence-corrected chi connectivity index (χ2v) is 10.4. The lowest BCUT2D eigenvalue weighted by molar-refractivity contribution is -0.384. The van der Waals surface area contributed by atoms with E-state index in [2.05, 4.69) is 39.4 Å². The van der Waals surface area contributed by atoms with Gasteiger partial charge in [-0.05, 0) is 31.4 Å². The van der Waals surface area contributed by atoms with E-state index >= 15 is 0 Å². The van der Waals surface area contributed by atoms with Gasteiger partial charge in [0.25, 0.3) is 5.69 Å². The van der Waals surface area contributed by atoms with Gasteiger partial charge in [-0.2, -0.15) is 0 Å². The molecule has 0 radical (unpaired) electrons. The lowest BCUT2D eigenvalue weighted by atomic mass is 9.80. The zero-order valence-corrected chi connectivity index (χ0v) is 26.8. The van der Waals surface area contributed by atoms with Crippen LogP contribution in [-0.4, -0.2) is 79.6 Å². The highest BCUT2D eigenvalue weighted by Gasteiger charge is 2.38. The number of benzene rings is 2. The van der Waals surface area contributed by atoms with Crippen LogP contribution in [0.2, 0.25) is 0 Å². The van der Waals surface area contributed by atoms with Crippen molar-refractivity contribution in [1.29, 1.82) is 0 Å². The number of piperazine rings is 1. The number of rotatable bonds is 11. The predicted molar refractivity (Wildman–Crippen MR) is 175 cm³/mol. The molecule has 0 aromatic heterocycles.